The van der Waals surface area contributed by atoms with Crippen molar-refractivity contribution in [3.8, 4) is 0 Å². The molecule has 4 unspecified atom stereocenters. The molecule has 3 N–H and O–H groups in total. The third-order valence-corrected chi connectivity index (χ3v) is 2.51. The molecule has 29 heavy (non-hydrogen) atoms. The summed E-state index contributed by atoms with van der Waals surface area (Å²) in [6.07, 6.45) is -1.05. The van der Waals surface area contributed by atoms with E-state index in [0.717, 1.165) is 19.6 Å². The van der Waals surface area contributed by atoms with Gasteiger partial charge in [0.2, 0.25) is 0 Å². The van der Waals surface area contributed by atoms with E-state index in [-0.39, 0.29) is 60.1 Å². The van der Waals surface area contributed by atoms with Gasteiger partial charge in [-0.05, 0) is 83.7 Å². The number of nitrogens with zero attached hydrogens (tertiary/aromatic N) is 4. The van der Waals surface area contributed by atoms with Crippen LogP contribution in [0.15, 0.2) is 0 Å². The number of aliphatic hydroxyl groups excluding tert-OH is 3. The predicted molar refractivity (Wildman–Crippen MR) is 119 cm³/mol. The number of aliphatic hydroxyl groups is 3. The maximum absolute atomic E-state index is 10.3. The average molecular weight is 552 g/mol. The van der Waals surface area contributed by atoms with Crippen molar-refractivity contribution < 1.29 is 62.2 Å². The fourth-order valence-electron chi connectivity index (χ4n) is 2.10. The summed E-state index contributed by atoms with van der Waals surface area (Å²) in [6.45, 7) is 9.89. The number of rotatable bonds is 8. The summed E-state index contributed by atoms with van der Waals surface area (Å²) in [5.74, 6) is 0. The number of hydrogen-bond donors (Lipinski definition) is 3. The summed E-state index contributed by atoms with van der Waals surface area (Å²) < 4.78 is 0. The van der Waals surface area contributed by atoms with Crippen molar-refractivity contribution in [3.05, 3.63) is 0 Å². The van der Waals surface area contributed by atoms with Crippen molar-refractivity contribution in [2.45, 2.75) is 52.1 Å². The van der Waals surface area contributed by atoms with Crippen LogP contribution >= 0.6 is 0 Å². The van der Waals surface area contributed by atoms with Crippen LogP contribution in [0, 0.1) is 41.7 Å². The zero-order chi connectivity index (χ0) is 23.4. The molecule has 0 aliphatic rings. The first-order valence-corrected chi connectivity index (χ1v) is 9.80. The van der Waals surface area contributed by atoms with Crippen LogP contribution in [-0.4, -0.2) is 142 Å². The van der Waals surface area contributed by atoms with Crippen LogP contribution in [-0.2, 0) is 0 Å². The normalized spacial score (nSPS) is 14.5. The summed E-state index contributed by atoms with van der Waals surface area (Å²) in [5.41, 5.74) is 0. The van der Waals surface area contributed by atoms with E-state index in [0.29, 0.717) is 6.54 Å². The van der Waals surface area contributed by atoms with Crippen molar-refractivity contribution in [2.75, 3.05) is 82.6 Å². The van der Waals surface area contributed by atoms with Crippen LogP contribution in [0.25, 0.3) is 0 Å². The monoisotopic (exact) mass is 551 g/mol. The Hall–Kier alpha value is 1.06. The quantitative estimate of drug-likeness (QED) is 0.357. The minimum Gasteiger partial charge on any atom is -0.851 e. The molecule has 0 spiro atoms. The van der Waals surface area contributed by atoms with E-state index in [4.69, 9.17) is 15.3 Å². The summed E-state index contributed by atoms with van der Waals surface area (Å²) in [4.78, 5) is 7.73. The third kappa shape index (κ3) is 73.1. The first-order valence-electron chi connectivity index (χ1n) is 9.80. The van der Waals surface area contributed by atoms with Gasteiger partial charge < -0.3 is 40.0 Å². The molecule has 0 radical (unpaired) electrons. The van der Waals surface area contributed by atoms with E-state index in [2.05, 4.69) is 0 Å². The minimum absolute atomic E-state index is 0. The molecule has 8 nitrogen and oxygen atoms in total. The summed E-state index contributed by atoms with van der Waals surface area (Å²) >= 11 is 0. The van der Waals surface area contributed by atoms with E-state index < -0.39 is 6.10 Å². The molecule has 0 fully saturated rings. The SMILES string of the molecule is CC(O)CN(C)C.CC(O)CN(C)C.CC(O)CN(C)C.CC([O-])CN(C)C.[Ce]. The molecule has 180 valence electrons. The van der Waals surface area contributed by atoms with Crippen LogP contribution < -0.4 is 5.11 Å². The van der Waals surface area contributed by atoms with Gasteiger partial charge in [0.25, 0.3) is 0 Å². The molecule has 4 atom stereocenters. The fraction of sp³-hybridized carbons (Fsp3) is 1.00. The van der Waals surface area contributed by atoms with Crippen molar-refractivity contribution in [1.82, 2.24) is 19.6 Å². The van der Waals surface area contributed by atoms with Crippen molar-refractivity contribution in [2.24, 2.45) is 0 Å². The molecule has 0 saturated heterocycles. The van der Waals surface area contributed by atoms with Crippen LogP contribution in [0.1, 0.15) is 27.7 Å². The average Bonchev–Trinajstić information content (AvgIpc) is 2.32. The summed E-state index contributed by atoms with van der Waals surface area (Å²) in [5, 5.41) is 36.3. The Morgan fingerprint density at radius 1 is 0.517 bits per heavy atom. The molecule has 9 heteroatoms. The van der Waals surface area contributed by atoms with Crippen LogP contribution in [0.5, 0.6) is 0 Å². The first-order chi connectivity index (χ1) is 12.5. The van der Waals surface area contributed by atoms with Gasteiger partial charge in [-0.2, -0.15) is 0 Å². The van der Waals surface area contributed by atoms with Crippen LogP contribution in [0.3, 0.4) is 0 Å². The number of hydrogen-bond acceptors (Lipinski definition) is 8. The van der Waals surface area contributed by atoms with E-state index in [9.17, 15) is 5.11 Å². The van der Waals surface area contributed by atoms with Crippen molar-refractivity contribution >= 4 is 0 Å². The molecular weight excluding hydrogens is 500 g/mol. The van der Waals surface area contributed by atoms with E-state index in [1.54, 1.807) is 27.7 Å². The van der Waals surface area contributed by atoms with E-state index >= 15 is 0 Å². The van der Waals surface area contributed by atoms with Gasteiger partial charge in [0.15, 0.2) is 0 Å². The van der Waals surface area contributed by atoms with E-state index in [1.165, 1.54) is 0 Å². The topological polar surface area (TPSA) is 96.7 Å². The van der Waals surface area contributed by atoms with E-state index in [1.807, 2.05) is 76.0 Å². The molecule has 0 saturated carbocycles. The molecule has 0 heterocycles. The molecule has 0 aliphatic heterocycles. The zero-order valence-electron chi connectivity index (χ0n) is 21.2. The third-order valence-electron chi connectivity index (χ3n) is 2.51. The Morgan fingerprint density at radius 3 is 0.690 bits per heavy atom. The molecular formula is C20H51CeN4O4-. The maximum atomic E-state index is 10.3. The Morgan fingerprint density at radius 2 is 0.690 bits per heavy atom. The molecule has 0 rings (SSSR count). The smallest absolute Gasteiger partial charge is 0.0638 e. The van der Waals surface area contributed by atoms with Crippen LogP contribution in [0.4, 0.5) is 0 Å². The van der Waals surface area contributed by atoms with Gasteiger partial charge in [-0.25, -0.2) is 0 Å². The second-order valence-corrected chi connectivity index (χ2v) is 8.41. The Kier molecular flexibility index (Phi) is 37.8. The van der Waals surface area contributed by atoms with Gasteiger partial charge in [0, 0.05) is 61.4 Å². The van der Waals surface area contributed by atoms with Gasteiger partial charge in [0.1, 0.15) is 0 Å². The zero-order valence-corrected chi connectivity index (χ0v) is 24.3. The van der Waals surface area contributed by atoms with Gasteiger partial charge in [-0.1, -0.05) is 6.92 Å². The minimum atomic E-state index is -0.449. The van der Waals surface area contributed by atoms with Crippen molar-refractivity contribution in [1.29, 1.82) is 0 Å². The van der Waals surface area contributed by atoms with Gasteiger partial charge in [-0.3, -0.25) is 0 Å². The van der Waals surface area contributed by atoms with Crippen LogP contribution in [0.2, 0.25) is 0 Å². The predicted octanol–water partition coefficient (Wildman–Crippen LogP) is -0.917. The van der Waals surface area contributed by atoms with Gasteiger partial charge in [0.05, 0.1) is 18.3 Å². The molecule has 0 aromatic carbocycles. The molecule has 0 bridgehead atoms. The fourth-order valence-corrected chi connectivity index (χ4v) is 2.10. The second-order valence-electron chi connectivity index (χ2n) is 8.41. The molecule has 0 aromatic rings. The standard InChI is InChI=1S/3C5H13NO.C5H12NO.Ce/c4*1-5(7)4-6(2)3;/h3*5,7H,4H2,1-3H3;5H,4H2,1-3H3;/q;;;-1;. The largest absolute Gasteiger partial charge is 0.851 e. The maximum Gasteiger partial charge on any atom is 0.0638 e. The second kappa shape index (κ2) is 27.1. The Labute approximate surface area is 215 Å². The first kappa shape index (κ1) is 40.4. The molecule has 0 amide bonds. The number of likely N-dealkylation sites (N-methyl/N-ethyl adjacent to an activating group) is 4. The van der Waals surface area contributed by atoms with Gasteiger partial charge >= 0.3 is 0 Å². The Balaban J connectivity index is -0.0000000873. The van der Waals surface area contributed by atoms with Gasteiger partial charge in [-0.15, -0.1) is 6.10 Å². The van der Waals surface area contributed by atoms with Crippen molar-refractivity contribution in [3.63, 3.8) is 0 Å². The molecule has 0 aromatic heterocycles. The summed E-state index contributed by atoms with van der Waals surface area (Å²) in [6, 6.07) is 0. The molecule has 0 aliphatic carbocycles. The Bertz CT molecular complexity index is 212. The summed E-state index contributed by atoms with van der Waals surface area (Å²) in [7, 11) is 15.4.